The SMILES string of the molecule is CCc1cc(C(=O)O)c(C(=O)OC(CC)C(C)(C)C)cc1CC. The van der Waals surface area contributed by atoms with Crippen LogP contribution in [0.3, 0.4) is 0 Å². The van der Waals surface area contributed by atoms with Crippen LogP contribution in [0, 0.1) is 5.41 Å². The molecule has 0 aliphatic rings. The molecule has 0 fully saturated rings. The Balaban J connectivity index is 3.29. The highest BCUT2D eigenvalue weighted by Crippen LogP contribution is 2.27. The molecule has 0 radical (unpaired) electrons. The van der Waals surface area contributed by atoms with Gasteiger partial charge in [0.2, 0.25) is 0 Å². The number of carbonyl (C=O) groups is 2. The third kappa shape index (κ3) is 4.57. The lowest BCUT2D eigenvalue weighted by atomic mass is 9.87. The number of carboxylic acid groups (broad SMARTS) is 1. The molecule has 0 bridgehead atoms. The van der Waals surface area contributed by atoms with E-state index in [1.165, 1.54) is 0 Å². The summed E-state index contributed by atoms with van der Waals surface area (Å²) in [6, 6.07) is 3.29. The second kappa shape index (κ2) is 7.62. The van der Waals surface area contributed by atoms with Crippen molar-refractivity contribution in [2.75, 3.05) is 0 Å². The normalized spacial score (nSPS) is 12.8. The van der Waals surface area contributed by atoms with Crippen LogP contribution in [0.25, 0.3) is 0 Å². The molecule has 1 rings (SSSR count). The molecule has 0 amide bonds. The summed E-state index contributed by atoms with van der Waals surface area (Å²) < 4.78 is 5.61. The van der Waals surface area contributed by atoms with E-state index in [0.717, 1.165) is 24.0 Å². The Morgan fingerprint density at radius 1 is 1.04 bits per heavy atom. The van der Waals surface area contributed by atoms with Crippen molar-refractivity contribution in [2.24, 2.45) is 5.41 Å². The number of ether oxygens (including phenoxy) is 1. The van der Waals surface area contributed by atoms with Crippen LogP contribution in [0.1, 0.15) is 79.8 Å². The van der Waals surface area contributed by atoms with Gasteiger partial charge in [-0.1, -0.05) is 41.5 Å². The van der Waals surface area contributed by atoms with E-state index in [4.69, 9.17) is 4.74 Å². The molecule has 1 N–H and O–H groups in total. The lowest BCUT2D eigenvalue weighted by Gasteiger charge is -2.29. The summed E-state index contributed by atoms with van der Waals surface area (Å²) in [7, 11) is 0. The minimum absolute atomic E-state index is 0.0211. The predicted octanol–water partition coefficient (Wildman–Crippen LogP) is 4.49. The topological polar surface area (TPSA) is 63.6 Å². The quantitative estimate of drug-likeness (QED) is 0.784. The number of carboxylic acids is 1. The number of hydrogen-bond acceptors (Lipinski definition) is 3. The molecule has 1 unspecified atom stereocenters. The molecule has 0 aromatic heterocycles. The minimum Gasteiger partial charge on any atom is -0.478 e. The van der Waals surface area contributed by atoms with E-state index in [0.29, 0.717) is 6.42 Å². The van der Waals surface area contributed by atoms with Gasteiger partial charge in [-0.3, -0.25) is 0 Å². The first kappa shape index (κ1) is 19.2. The van der Waals surface area contributed by atoms with Crippen LogP contribution >= 0.6 is 0 Å². The minimum atomic E-state index is -1.10. The maximum absolute atomic E-state index is 12.6. The molecule has 0 heterocycles. The van der Waals surface area contributed by atoms with Gasteiger partial charge < -0.3 is 9.84 Å². The van der Waals surface area contributed by atoms with Crippen molar-refractivity contribution in [3.05, 3.63) is 34.4 Å². The summed E-state index contributed by atoms with van der Waals surface area (Å²) in [5, 5.41) is 9.44. The zero-order valence-electron chi connectivity index (χ0n) is 15.0. The smallest absolute Gasteiger partial charge is 0.339 e. The number of esters is 1. The van der Waals surface area contributed by atoms with Gasteiger partial charge in [0, 0.05) is 0 Å². The van der Waals surface area contributed by atoms with Crippen LogP contribution in [0.2, 0.25) is 0 Å². The van der Waals surface area contributed by atoms with Crippen LogP contribution < -0.4 is 0 Å². The first-order chi connectivity index (χ1) is 10.6. The van der Waals surface area contributed by atoms with Crippen molar-refractivity contribution < 1.29 is 19.4 Å². The molecular formula is C19H28O4. The standard InChI is InChI=1S/C19H28O4/c1-7-12-10-14(17(20)21)15(11-13(12)8-2)18(22)23-16(9-3)19(4,5)6/h10-11,16H,7-9H2,1-6H3,(H,20,21). The van der Waals surface area contributed by atoms with Crippen molar-refractivity contribution in [2.45, 2.75) is 66.9 Å². The van der Waals surface area contributed by atoms with Gasteiger partial charge in [0.05, 0.1) is 11.1 Å². The number of rotatable bonds is 6. The molecule has 4 nitrogen and oxygen atoms in total. The number of hydrogen-bond donors (Lipinski definition) is 1. The van der Waals surface area contributed by atoms with E-state index in [1.807, 2.05) is 41.5 Å². The lowest BCUT2D eigenvalue weighted by molar-refractivity contribution is -0.00429. The third-order valence-electron chi connectivity index (χ3n) is 4.14. The molecule has 128 valence electrons. The maximum Gasteiger partial charge on any atom is 0.339 e. The van der Waals surface area contributed by atoms with E-state index < -0.39 is 11.9 Å². The first-order valence-corrected chi connectivity index (χ1v) is 8.25. The van der Waals surface area contributed by atoms with E-state index >= 15 is 0 Å². The Hall–Kier alpha value is -1.84. The molecule has 1 aromatic rings. The van der Waals surface area contributed by atoms with E-state index in [1.54, 1.807) is 12.1 Å². The average Bonchev–Trinajstić information content (AvgIpc) is 2.49. The summed E-state index contributed by atoms with van der Waals surface area (Å²) in [6.07, 6.45) is 1.91. The van der Waals surface area contributed by atoms with Gasteiger partial charge in [-0.2, -0.15) is 0 Å². The molecule has 0 spiro atoms. The Morgan fingerprint density at radius 2 is 1.52 bits per heavy atom. The highest BCUT2D eigenvalue weighted by molar-refractivity contribution is 6.02. The summed E-state index contributed by atoms with van der Waals surface area (Å²) in [4.78, 5) is 24.1. The summed E-state index contributed by atoms with van der Waals surface area (Å²) >= 11 is 0. The van der Waals surface area contributed by atoms with Crippen molar-refractivity contribution >= 4 is 11.9 Å². The number of aryl methyl sites for hydroxylation is 2. The summed E-state index contributed by atoms with van der Waals surface area (Å²) in [5.41, 5.74) is 1.93. The zero-order valence-corrected chi connectivity index (χ0v) is 15.0. The van der Waals surface area contributed by atoms with Crippen LogP contribution in [0.15, 0.2) is 12.1 Å². The Morgan fingerprint density at radius 3 is 1.87 bits per heavy atom. The van der Waals surface area contributed by atoms with E-state index in [2.05, 4.69) is 0 Å². The van der Waals surface area contributed by atoms with Crippen LogP contribution in [-0.4, -0.2) is 23.1 Å². The number of aromatic carboxylic acids is 1. The summed E-state index contributed by atoms with van der Waals surface area (Å²) in [6.45, 7) is 11.9. The predicted molar refractivity (Wildman–Crippen MR) is 91.1 cm³/mol. The first-order valence-electron chi connectivity index (χ1n) is 8.25. The molecule has 23 heavy (non-hydrogen) atoms. The fourth-order valence-electron chi connectivity index (χ4n) is 2.76. The lowest BCUT2D eigenvalue weighted by Crippen LogP contribution is -2.31. The highest BCUT2D eigenvalue weighted by Gasteiger charge is 2.29. The van der Waals surface area contributed by atoms with E-state index in [-0.39, 0.29) is 22.6 Å². The Kier molecular flexibility index (Phi) is 6.37. The molecule has 4 heteroatoms. The highest BCUT2D eigenvalue weighted by atomic mass is 16.5. The van der Waals surface area contributed by atoms with Crippen molar-refractivity contribution in [3.63, 3.8) is 0 Å². The molecule has 1 atom stereocenters. The van der Waals surface area contributed by atoms with Gasteiger partial charge in [-0.25, -0.2) is 9.59 Å². The Labute approximate surface area is 138 Å². The van der Waals surface area contributed by atoms with E-state index in [9.17, 15) is 14.7 Å². The van der Waals surface area contributed by atoms with Gasteiger partial charge in [0.25, 0.3) is 0 Å². The number of carbonyl (C=O) groups excluding carboxylic acids is 1. The molecule has 1 aromatic carbocycles. The van der Waals surface area contributed by atoms with Gasteiger partial charge >= 0.3 is 11.9 Å². The van der Waals surface area contributed by atoms with Crippen molar-refractivity contribution in [1.29, 1.82) is 0 Å². The van der Waals surface area contributed by atoms with Gasteiger partial charge in [0.1, 0.15) is 6.10 Å². The van der Waals surface area contributed by atoms with Gasteiger partial charge in [0.15, 0.2) is 0 Å². The van der Waals surface area contributed by atoms with Crippen molar-refractivity contribution in [3.8, 4) is 0 Å². The molecule has 0 aliphatic carbocycles. The maximum atomic E-state index is 12.6. The molecular weight excluding hydrogens is 292 g/mol. The van der Waals surface area contributed by atoms with Crippen LogP contribution in [-0.2, 0) is 17.6 Å². The molecule has 0 aliphatic heterocycles. The number of benzene rings is 1. The van der Waals surface area contributed by atoms with Crippen LogP contribution in [0.4, 0.5) is 0 Å². The summed E-state index contributed by atoms with van der Waals surface area (Å²) in [5.74, 6) is -1.65. The van der Waals surface area contributed by atoms with Gasteiger partial charge in [-0.15, -0.1) is 0 Å². The third-order valence-corrected chi connectivity index (χ3v) is 4.14. The largest absolute Gasteiger partial charge is 0.478 e. The van der Waals surface area contributed by atoms with Crippen molar-refractivity contribution in [1.82, 2.24) is 0 Å². The average molecular weight is 320 g/mol. The fourth-order valence-corrected chi connectivity index (χ4v) is 2.76. The fraction of sp³-hybridized carbons (Fsp3) is 0.579. The monoisotopic (exact) mass is 320 g/mol. The second-order valence-electron chi connectivity index (χ2n) is 6.85. The molecule has 0 saturated heterocycles. The van der Waals surface area contributed by atoms with Crippen LogP contribution in [0.5, 0.6) is 0 Å². The second-order valence-corrected chi connectivity index (χ2v) is 6.85. The van der Waals surface area contributed by atoms with Gasteiger partial charge in [-0.05, 0) is 47.9 Å². The Bertz CT molecular complexity index is 582. The zero-order chi connectivity index (χ0) is 17.8. The molecule has 0 saturated carbocycles.